The number of nitrogens with two attached hydrogens (primary N) is 1. The zero-order chi connectivity index (χ0) is 14.9. The first-order chi connectivity index (χ1) is 10.1. The quantitative estimate of drug-likeness (QED) is 0.856. The van der Waals surface area contributed by atoms with Gasteiger partial charge in [0.05, 0.1) is 4.90 Å². The fourth-order valence-corrected chi connectivity index (χ4v) is 4.54. The van der Waals surface area contributed by atoms with E-state index in [1.165, 1.54) is 6.42 Å². The molecule has 3 N–H and O–H groups in total. The lowest BCUT2D eigenvalue weighted by Gasteiger charge is -2.23. The highest BCUT2D eigenvalue weighted by atomic mass is 32.2. The Morgan fingerprint density at radius 2 is 1.81 bits per heavy atom. The molecule has 1 aliphatic carbocycles. The van der Waals surface area contributed by atoms with Gasteiger partial charge in [-0.15, -0.1) is 0 Å². The predicted molar refractivity (Wildman–Crippen MR) is 85.6 cm³/mol. The van der Waals surface area contributed by atoms with Crippen molar-refractivity contribution in [3.05, 3.63) is 36.4 Å². The van der Waals surface area contributed by atoms with E-state index in [0.29, 0.717) is 10.6 Å². The van der Waals surface area contributed by atoms with Crippen molar-refractivity contribution in [1.29, 1.82) is 0 Å². The van der Waals surface area contributed by atoms with E-state index in [1.54, 1.807) is 30.3 Å². The average molecular weight is 304 g/mol. The third-order valence-electron chi connectivity index (χ3n) is 4.08. The smallest absolute Gasteiger partial charge is 0.241 e. The van der Waals surface area contributed by atoms with Crippen LogP contribution in [0.15, 0.2) is 41.3 Å². The molecule has 4 nitrogen and oxygen atoms in total. The number of rotatable bonds is 3. The molecule has 0 unspecified atom stereocenters. The number of nitrogen functional groups attached to an aromatic ring is 1. The van der Waals surface area contributed by atoms with Crippen molar-refractivity contribution in [2.75, 3.05) is 5.73 Å². The minimum absolute atomic E-state index is 0.0628. The van der Waals surface area contributed by atoms with Gasteiger partial charge in [-0.1, -0.05) is 37.5 Å². The summed E-state index contributed by atoms with van der Waals surface area (Å²) >= 11 is 0. The van der Waals surface area contributed by atoms with Gasteiger partial charge in [0, 0.05) is 17.1 Å². The van der Waals surface area contributed by atoms with Gasteiger partial charge in [-0.3, -0.25) is 0 Å². The number of sulfonamides is 1. The van der Waals surface area contributed by atoms with Crippen LogP contribution in [0.2, 0.25) is 0 Å². The van der Waals surface area contributed by atoms with Crippen LogP contribution in [0, 0.1) is 0 Å². The summed E-state index contributed by atoms with van der Waals surface area (Å²) in [5.41, 5.74) is 6.40. The Morgan fingerprint density at radius 1 is 1.05 bits per heavy atom. The van der Waals surface area contributed by atoms with Crippen molar-refractivity contribution in [2.45, 2.75) is 43.0 Å². The third kappa shape index (κ3) is 3.04. The third-order valence-corrected chi connectivity index (χ3v) is 5.66. The lowest BCUT2D eigenvalue weighted by molar-refractivity contribution is 0.412. The van der Waals surface area contributed by atoms with Crippen molar-refractivity contribution in [2.24, 2.45) is 0 Å². The molecule has 0 bridgehead atoms. The van der Waals surface area contributed by atoms with Gasteiger partial charge in [0.1, 0.15) is 0 Å². The predicted octanol–water partition coefficient (Wildman–Crippen LogP) is 3.03. The van der Waals surface area contributed by atoms with Crippen LogP contribution in [0.25, 0.3) is 10.8 Å². The molecule has 2 aromatic carbocycles. The molecule has 0 aliphatic heterocycles. The first-order valence-electron chi connectivity index (χ1n) is 7.37. The number of hydrogen-bond donors (Lipinski definition) is 2. The minimum Gasteiger partial charge on any atom is -0.399 e. The fraction of sp³-hybridized carbons (Fsp3) is 0.375. The number of fused-ring (bicyclic) bond motifs is 1. The van der Waals surface area contributed by atoms with Gasteiger partial charge < -0.3 is 5.73 Å². The van der Waals surface area contributed by atoms with Crippen LogP contribution < -0.4 is 10.5 Å². The van der Waals surface area contributed by atoms with Crippen molar-refractivity contribution in [3.63, 3.8) is 0 Å². The second-order valence-corrected chi connectivity index (χ2v) is 7.38. The Bertz CT molecular complexity index is 750. The van der Waals surface area contributed by atoms with E-state index in [9.17, 15) is 8.42 Å². The highest BCUT2D eigenvalue weighted by molar-refractivity contribution is 7.89. The van der Waals surface area contributed by atoms with Gasteiger partial charge >= 0.3 is 0 Å². The van der Waals surface area contributed by atoms with Gasteiger partial charge in [-0.2, -0.15) is 0 Å². The Hall–Kier alpha value is -1.59. The summed E-state index contributed by atoms with van der Waals surface area (Å²) in [6.07, 6.45) is 5.25. The Morgan fingerprint density at radius 3 is 2.57 bits per heavy atom. The number of nitrogens with one attached hydrogen (secondary N) is 1. The van der Waals surface area contributed by atoms with Gasteiger partial charge in [0.25, 0.3) is 0 Å². The van der Waals surface area contributed by atoms with E-state index in [-0.39, 0.29) is 6.04 Å². The van der Waals surface area contributed by atoms with Crippen molar-refractivity contribution in [1.82, 2.24) is 4.72 Å². The molecule has 1 saturated carbocycles. The highest BCUT2D eigenvalue weighted by Crippen LogP contribution is 2.26. The maximum atomic E-state index is 12.7. The first-order valence-corrected chi connectivity index (χ1v) is 8.85. The summed E-state index contributed by atoms with van der Waals surface area (Å²) in [5, 5.41) is 1.57. The molecule has 0 atom stereocenters. The lowest BCUT2D eigenvalue weighted by atomic mass is 9.96. The van der Waals surface area contributed by atoms with Gasteiger partial charge in [0.2, 0.25) is 10.0 Å². The van der Waals surface area contributed by atoms with E-state index in [0.717, 1.165) is 36.5 Å². The first kappa shape index (κ1) is 14.4. The van der Waals surface area contributed by atoms with Crippen LogP contribution in [-0.4, -0.2) is 14.5 Å². The van der Waals surface area contributed by atoms with E-state index in [2.05, 4.69) is 4.72 Å². The second kappa shape index (κ2) is 5.66. The summed E-state index contributed by atoms with van der Waals surface area (Å²) in [7, 11) is -3.49. The molecule has 0 saturated heterocycles. The van der Waals surface area contributed by atoms with E-state index in [1.807, 2.05) is 6.07 Å². The maximum absolute atomic E-state index is 12.7. The standard InChI is InChI=1S/C16H20N2O2S/c17-13-9-10-15-12(11-13)5-4-8-16(15)21(19,20)18-14-6-2-1-3-7-14/h4-5,8-11,14,18H,1-3,6-7,17H2. The van der Waals surface area contributed by atoms with E-state index in [4.69, 9.17) is 5.73 Å². The average Bonchev–Trinajstić information content (AvgIpc) is 2.47. The van der Waals surface area contributed by atoms with Gasteiger partial charge in [-0.05, 0) is 36.4 Å². The van der Waals surface area contributed by atoms with Gasteiger partial charge in [0.15, 0.2) is 0 Å². The van der Waals surface area contributed by atoms with Crippen LogP contribution in [0.5, 0.6) is 0 Å². The molecule has 3 rings (SSSR count). The van der Waals surface area contributed by atoms with Crippen molar-refractivity contribution >= 4 is 26.5 Å². The Balaban J connectivity index is 1.98. The zero-order valence-corrected chi connectivity index (χ0v) is 12.7. The fourth-order valence-electron chi connectivity index (χ4n) is 3.01. The summed E-state index contributed by atoms with van der Waals surface area (Å²) in [6.45, 7) is 0. The molecule has 0 heterocycles. The molecule has 5 heteroatoms. The summed E-state index contributed by atoms with van der Waals surface area (Å²) in [4.78, 5) is 0.338. The topological polar surface area (TPSA) is 72.2 Å². The summed E-state index contributed by atoms with van der Waals surface area (Å²) < 4.78 is 28.2. The zero-order valence-electron chi connectivity index (χ0n) is 11.9. The van der Waals surface area contributed by atoms with Crippen LogP contribution in [0.3, 0.4) is 0 Å². The van der Waals surface area contributed by atoms with Crippen LogP contribution in [0.1, 0.15) is 32.1 Å². The highest BCUT2D eigenvalue weighted by Gasteiger charge is 2.23. The number of benzene rings is 2. The molecule has 1 fully saturated rings. The molecule has 0 spiro atoms. The van der Waals surface area contributed by atoms with Crippen LogP contribution in [-0.2, 0) is 10.0 Å². The van der Waals surface area contributed by atoms with Crippen molar-refractivity contribution < 1.29 is 8.42 Å². The SMILES string of the molecule is Nc1ccc2c(S(=O)(=O)NC3CCCCC3)cccc2c1. The molecular weight excluding hydrogens is 284 g/mol. The van der Waals surface area contributed by atoms with E-state index < -0.39 is 10.0 Å². The summed E-state index contributed by atoms with van der Waals surface area (Å²) in [6, 6.07) is 10.7. The normalized spacial score (nSPS) is 17.1. The van der Waals surface area contributed by atoms with Gasteiger partial charge in [-0.25, -0.2) is 13.1 Å². The summed E-state index contributed by atoms with van der Waals surface area (Å²) in [5.74, 6) is 0. The molecule has 112 valence electrons. The molecule has 0 aromatic heterocycles. The maximum Gasteiger partial charge on any atom is 0.241 e. The number of anilines is 1. The Labute approximate surface area is 125 Å². The molecule has 21 heavy (non-hydrogen) atoms. The van der Waals surface area contributed by atoms with E-state index >= 15 is 0 Å². The minimum atomic E-state index is -3.49. The van der Waals surface area contributed by atoms with Crippen molar-refractivity contribution in [3.8, 4) is 0 Å². The lowest BCUT2D eigenvalue weighted by Crippen LogP contribution is -2.36. The molecule has 2 aromatic rings. The second-order valence-electron chi connectivity index (χ2n) is 5.69. The number of hydrogen-bond acceptors (Lipinski definition) is 3. The van der Waals surface area contributed by atoms with Crippen LogP contribution in [0.4, 0.5) is 5.69 Å². The molecular formula is C16H20N2O2S. The van der Waals surface area contributed by atoms with Crippen LogP contribution >= 0.6 is 0 Å². The monoisotopic (exact) mass is 304 g/mol. The molecule has 1 aliphatic rings. The molecule has 0 radical (unpaired) electrons. The molecule has 0 amide bonds. The Kier molecular flexibility index (Phi) is 3.87. The largest absolute Gasteiger partial charge is 0.399 e.